The van der Waals surface area contributed by atoms with Crippen LogP contribution in [0.4, 0.5) is 11.8 Å². The van der Waals surface area contributed by atoms with Crippen molar-refractivity contribution in [1.29, 1.82) is 0 Å². The van der Waals surface area contributed by atoms with Crippen molar-refractivity contribution in [3.63, 3.8) is 0 Å². The molecule has 1 N–H and O–H groups in total. The molecule has 5 rings (SSSR count). The maximum Gasteiger partial charge on any atom is 0.243 e. The van der Waals surface area contributed by atoms with Gasteiger partial charge in [0, 0.05) is 57.5 Å². The Morgan fingerprint density at radius 1 is 0.949 bits per heavy atom. The number of benzene rings is 1. The van der Waals surface area contributed by atoms with Crippen LogP contribution in [0.3, 0.4) is 0 Å². The molecule has 0 aliphatic carbocycles. The highest BCUT2D eigenvalue weighted by molar-refractivity contribution is 7.89. The summed E-state index contributed by atoms with van der Waals surface area (Å²) in [5.74, 6) is 2.46. The first-order valence-corrected chi connectivity index (χ1v) is 16.3. The summed E-state index contributed by atoms with van der Waals surface area (Å²) in [5.41, 5.74) is 0. The summed E-state index contributed by atoms with van der Waals surface area (Å²) in [7, 11) is -3.49. The lowest BCUT2D eigenvalue weighted by molar-refractivity contribution is 0.167. The minimum absolute atomic E-state index is 0.309. The van der Waals surface area contributed by atoms with Crippen LogP contribution in [-0.4, -0.2) is 85.5 Å². The van der Waals surface area contributed by atoms with Gasteiger partial charge in [0.05, 0.1) is 11.5 Å². The first-order valence-electron chi connectivity index (χ1n) is 14.8. The van der Waals surface area contributed by atoms with Crippen molar-refractivity contribution < 1.29 is 13.2 Å². The van der Waals surface area contributed by atoms with E-state index in [4.69, 9.17) is 9.72 Å². The van der Waals surface area contributed by atoms with Gasteiger partial charge in [-0.05, 0) is 68.9 Å². The maximum absolute atomic E-state index is 13.2. The number of ether oxygens (including phenoxy) is 1. The summed E-state index contributed by atoms with van der Waals surface area (Å²) in [6.45, 7) is 7.97. The highest BCUT2D eigenvalue weighted by atomic mass is 32.2. The molecule has 1 unspecified atom stereocenters. The van der Waals surface area contributed by atoms with Crippen molar-refractivity contribution in [1.82, 2.24) is 19.2 Å². The number of hydrogen-bond acceptors (Lipinski definition) is 8. The van der Waals surface area contributed by atoms with E-state index in [2.05, 4.69) is 27.0 Å². The fourth-order valence-electron chi connectivity index (χ4n) is 5.95. The van der Waals surface area contributed by atoms with E-state index in [1.165, 1.54) is 25.7 Å². The molecule has 3 saturated heterocycles. The molecular weight excluding hydrogens is 512 g/mol. The molecule has 1 atom stereocenters. The average Bonchev–Trinajstić information content (AvgIpc) is 3.25. The van der Waals surface area contributed by atoms with E-state index in [9.17, 15) is 8.42 Å². The van der Waals surface area contributed by atoms with Gasteiger partial charge in [-0.2, -0.15) is 9.29 Å². The first-order chi connectivity index (χ1) is 19.0. The zero-order chi connectivity index (χ0) is 27.1. The Morgan fingerprint density at radius 3 is 2.41 bits per heavy atom. The lowest BCUT2D eigenvalue weighted by Crippen LogP contribution is -2.46. The second-order valence-corrected chi connectivity index (χ2v) is 13.0. The molecule has 0 radical (unpaired) electrons. The fraction of sp³-hybridized carbons (Fsp3) is 0.655. The van der Waals surface area contributed by atoms with Crippen molar-refractivity contribution >= 4 is 21.8 Å². The summed E-state index contributed by atoms with van der Waals surface area (Å²) in [4.78, 5) is 14.6. The number of nitrogens with one attached hydrogen (secondary N) is 1. The van der Waals surface area contributed by atoms with E-state index >= 15 is 0 Å². The number of anilines is 2. The van der Waals surface area contributed by atoms with Gasteiger partial charge in [-0.25, -0.2) is 13.4 Å². The van der Waals surface area contributed by atoms with Crippen molar-refractivity contribution in [3.8, 4) is 5.75 Å². The summed E-state index contributed by atoms with van der Waals surface area (Å²) in [6, 6.07) is 9.60. The highest BCUT2D eigenvalue weighted by Gasteiger charge is 2.34. The number of nitrogens with zero attached hydrogens (tertiary/aromatic N) is 5. The van der Waals surface area contributed by atoms with Crippen LogP contribution in [0.5, 0.6) is 5.75 Å². The number of sulfonamides is 1. The second kappa shape index (κ2) is 13.3. The van der Waals surface area contributed by atoms with Gasteiger partial charge in [0.2, 0.25) is 16.0 Å². The smallest absolute Gasteiger partial charge is 0.243 e. The molecule has 3 aliphatic heterocycles. The Hall–Kier alpha value is -2.43. The minimum atomic E-state index is -3.49. The number of hydrogen-bond donors (Lipinski definition) is 1. The number of unbranched alkanes of at least 4 members (excludes halogenated alkanes) is 1. The Labute approximate surface area is 234 Å². The highest BCUT2D eigenvalue weighted by Crippen LogP contribution is 2.27. The second-order valence-electron chi connectivity index (χ2n) is 11.1. The van der Waals surface area contributed by atoms with E-state index in [1.54, 1.807) is 28.6 Å². The monoisotopic (exact) mass is 556 g/mol. The zero-order valence-electron chi connectivity index (χ0n) is 23.3. The van der Waals surface area contributed by atoms with Gasteiger partial charge in [-0.1, -0.05) is 26.2 Å². The van der Waals surface area contributed by atoms with Crippen LogP contribution in [0.1, 0.15) is 64.7 Å². The fourth-order valence-corrected chi connectivity index (χ4v) is 7.42. The normalized spacial score (nSPS) is 22.1. The van der Waals surface area contributed by atoms with Crippen LogP contribution in [0.2, 0.25) is 0 Å². The molecule has 9 nitrogen and oxygen atoms in total. The van der Waals surface area contributed by atoms with Crippen LogP contribution in [-0.2, 0) is 10.0 Å². The molecule has 2 aromatic rings. The van der Waals surface area contributed by atoms with Crippen molar-refractivity contribution in [2.24, 2.45) is 0 Å². The van der Waals surface area contributed by atoms with Gasteiger partial charge >= 0.3 is 0 Å². The third kappa shape index (κ3) is 7.21. The Kier molecular flexibility index (Phi) is 9.57. The van der Waals surface area contributed by atoms with E-state index in [-0.39, 0.29) is 0 Å². The Bertz CT molecular complexity index is 1150. The van der Waals surface area contributed by atoms with E-state index < -0.39 is 10.0 Å². The number of aromatic nitrogens is 2. The first kappa shape index (κ1) is 28.1. The molecule has 3 aliphatic rings. The number of piperidine rings is 1. The summed E-state index contributed by atoms with van der Waals surface area (Å²) in [6.07, 6.45) is 11.7. The van der Waals surface area contributed by atoms with Crippen LogP contribution in [0, 0.1) is 0 Å². The third-order valence-electron chi connectivity index (χ3n) is 8.29. The summed E-state index contributed by atoms with van der Waals surface area (Å²) < 4.78 is 33.8. The molecular formula is C29H44N6O3S. The predicted molar refractivity (Wildman–Crippen MR) is 155 cm³/mol. The van der Waals surface area contributed by atoms with Crippen LogP contribution in [0.25, 0.3) is 0 Å². The average molecular weight is 557 g/mol. The molecule has 4 heterocycles. The third-order valence-corrected chi connectivity index (χ3v) is 10.2. The van der Waals surface area contributed by atoms with Crippen LogP contribution < -0.4 is 15.0 Å². The molecule has 0 bridgehead atoms. The van der Waals surface area contributed by atoms with Gasteiger partial charge in [0.25, 0.3) is 0 Å². The molecule has 214 valence electrons. The molecule has 39 heavy (non-hydrogen) atoms. The van der Waals surface area contributed by atoms with E-state index in [1.807, 2.05) is 12.3 Å². The SMILES string of the molecule is CCCCOc1ccc(S(=O)(=O)N2CCC(N3CCC(Nc4nccc(N5CCCCCC5)n4)C3)CC2)cc1. The lowest BCUT2D eigenvalue weighted by Gasteiger charge is -2.36. The van der Waals surface area contributed by atoms with Gasteiger partial charge in [0.1, 0.15) is 11.6 Å². The minimum Gasteiger partial charge on any atom is -0.494 e. The predicted octanol–water partition coefficient (Wildman–Crippen LogP) is 4.38. The van der Waals surface area contributed by atoms with Crippen LogP contribution >= 0.6 is 0 Å². The number of likely N-dealkylation sites (tertiary alicyclic amines) is 1. The van der Waals surface area contributed by atoms with Gasteiger partial charge in [0.15, 0.2) is 0 Å². The Balaban J connectivity index is 1.10. The molecule has 10 heteroatoms. The molecule has 0 amide bonds. The molecule has 0 saturated carbocycles. The quantitative estimate of drug-likeness (QED) is 0.432. The molecule has 3 fully saturated rings. The van der Waals surface area contributed by atoms with Gasteiger partial charge < -0.3 is 15.0 Å². The molecule has 1 aromatic heterocycles. The van der Waals surface area contributed by atoms with Crippen LogP contribution in [0.15, 0.2) is 41.4 Å². The number of rotatable bonds is 10. The van der Waals surface area contributed by atoms with E-state index in [0.29, 0.717) is 42.6 Å². The van der Waals surface area contributed by atoms with E-state index in [0.717, 1.165) is 69.9 Å². The molecule has 0 spiro atoms. The van der Waals surface area contributed by atoms with Crippen molar-refractivity contribution in [3.05, 3.63) is 36.5 Å². The van der Waals surface area contributed by atoms with Crippen molar-refractivity contribution in [2.45, 2.75) is 81.7 Å². The Morgan fingerprint density at radius 2 is 1.69 bits per heavy atom. The zero-order valence-corrected chi connectivity index (χ0v) is 24.1. The largest absolute Gasteiger partial charge is 0.494 e. The summed E-state index contributed by atoms with van der Waals surface area (Å²) >= 11 is 0. The maximum atomic E-state index is 13.2. The van der Waals surface area contributed by atoms with Gasteiger partial charge in [-0.3, -0.25) is 4.90 Å². The standard InChI is InChI=1S/C29H44N6O3S/c1-2-3-22-38-26-8-10-27(11-9-26)39(36,37)35-20-14-25(15-21-35)34-19-13-24(23-34)31-29-30-16-12-28(32-29)33-17-6-4-5-7-18-33/h8-12,16,24-25H,2-7,13-15,17-23H2,1H3,(H,30,31,32). The lowest BCUT2D eigenvalue weighted by atomic mass is 10.1. The topological polar surface area (TPSA) is 90.9 Å². The molecule has 1 aromatic carbocycles. The van der Waals surface area contributed by atoms with Crippen molar-refractivity contribution in [2.75, 3.05) is 56.1 Å². The van der Waals surface area contributed by atoms with Gasteiger partial charge in [-0.15, -0.1) is 0 Å². The summed E-state index contributed by atoms with van der Waals surface area (Å²) in [5, 5.41) is 3.57.